The van der Waals surface area contributed by atoms with Crippen molar-refractivity contribution in [3.8, 4) is 0 Å². The third-order valence-electron chi connectivity index (χ3n) is 2.87. The first-order valence-corrected chi connectivity index (χ1v) is 6.40. The summed E-state index contributed by atoms with van der Waals surface area (Å²) in [6.07, 6.45) is 3.99. The maximum Gasteiger partial charge on any atom is 0.0734 e. The van der Waals surface area contributed by atoms with E-state index >= 15 is 0 Å². The summed E-state index contributed by atoms with van der Waals surface area (Å²) in [4.78, 5) is 0. The summed E-state index contributed by atoms with van der Waals surface area (Å²) in [6, 6.07) is 9.97. The summed E-state index contributed by atoms with van der Waals surface area (Å²) in [5.74, 6) is 0. The van der Waals surface area contributed by atoms with E-state index in [9.17, 15) is 0 Å². The number of rotatable bonds is 9. The van der Waals surface area contributed by atoms with Gasteiger partial charge in [0.25, 0.3) is 0 Å². The highest BCUT2D eigenvalue weighted by Crippen LogP contribution is 2.12. The second kappa shape index (κ2) is 8.86. The van der Waals surface area contributed by atoms with Crippen LogP contribution in [-0.2, 0) is 11.3 Å². The highest BCUT2D eigenvalue weighted by molar-refractivity contribution is 5.13. The van der Waals surface area contributed by atoms with Crippen molar-refractivity contribution in [3.63, 3.8) is 0 Å². The minimum atomic E-state index is -0.0576. The van der Waals surface area contributed by atoms with E-state index in [1.807, 2.05) is 36.4 Å². The molecule has 0 bridgehead atoms. The van der Waals surface area contributed by atoms with Gasteiger partial charge in [0.1, 0.15) is 0 Å². The first-order chi connectivity index (χ1) is 8.77. The van der Waals surface area contributed by atoms with Gasteiger partial charge >= 0.3 is 0 Å². The number of ether oxygens (including phenoxy) is 1. The molecule has 1 aromatic carbocycles. The molecule has 3 N–H and O–H groups in total. The molecule has 0 aromatic heterocycles. The van der Waals surface area contributed by atoms with Crippen LogP contribution in [0.25, 0.3) is 0 Å². The van der Waals surface area contributed by atoms with Crippen molar-refractivity contribution in [2.24, 2.45) is 5.73 Å². The number of benzene rings is 1. The van der Waals surface area contributed by atoms with Crippen molar-refractivity contribution < 1.29 is 9.84 Å². The van der Waals surface area contributed by atoms with E-state index in [0.717, 1.165) is 18.4 Å². The van der Waals surface area contributed by atoms with E-state index in [1.165, 1.54) is 0 Å². The summed E-state index contributed by atoms with van der Waals surface area (Å²) in [5.41, 5.74) is 7.19. The first kappa shape index (κ1) is 14.9. The van der Waals surface area contributed by atoms with Gasteiger partial charge in [-0.2, -0.15) is 0 Å². The van der Waals surface area contributed by atoms with Crippen molar-refractivity contribution >= 4 is 0 Å². The largest absolute Gasteiger partial charge is 0.396 e. The Bertz CT molecular complexity index is 327. The van der Waals surface area contributed by atoms with Crippen LogP contribution in [0.3, 0.4) is 0 Å². The minimum absolute atomic E-state index is 0.0321. The molecule has 0 fully saturated rings. The van der Waals surface area contributed by atoms with Gasteiger partial charge in [-0.3, -0.25) is 0 Å². The molecule has 0 aliphatic rings. The molecule has 0 unspecified atom stereocenters. The van der Waals surface area contributed by atoms with Crippen LogP contribution in [0, 0.1) is 0 Å². The Morgan fingerprint density at radius 1 is 1.33 bits per heavy atom. The van der Waals surface area contributed by atoms with E-state index in [4.69, 9.17) is 15.6 Å². The minimum Gasteiger partial charge on any atom is -0.396 e. The predicted octanol–water partition coefficient (Wildman–Crippen LogP) is 2.25. The molecule has 1 rings (SSSR count). The molecule has 18 heavy (non-hydrogen) atoms. The Hall–Kier alpha value is -1.16. The third kappa shape index (κ3) is 5.45. The lowest BCUT2D eigenvalue weighted by atomic mass is 10.0. The van der Waals surface area contributed by atoms with E-state index in [1.54, 1.807) is 0 Å². The van der Waals surface area contributed by atoms with E-state index < -0.39 is 0 Å². The average molecular weight is 249 g/mol. The predicted molar refractivity (Wildman–Crippen MR) is 74.1 cm³/mol. The lowest BCUT2D eigenvalue weighted by Gasteiger charge is -2.23. The molecule has 0 aliphatic carbocycles. The van der Waals surface area contributed by atoms with Gasteiger partial charge in [-0.25, -0.2) is 0 Å². The molecular weight excluding hydrogens is 226 g/mol. The molecule has 0 radical (unpaired) electrons. The van der Waals surface area contributed by atoms with Crippen LogP contribution in [0.5, 0.6) is 0 Å². The van der Waals surface area contributed by atoms with Crippen molar-refractivity contribution in [2.45, 2.75) is 38.0 Å². The zero-order valence-electron chi connectivity index (χ0n) is 10.8. The number of nitrogens with two attached hydrogens (primary N) is 1. The molecule has 2 atom stereocenters. The summed E-state index contributed by atoms with van der Waals surface area (Å²) in [7, 11) is 0. The van der Waals surface area contributed by atoms with Crippen LogP contribution in [0.2, 0.25) is 0 Å². The van der Waals surface area contributed by atoms with Crippen LogP contribution in [0.4, 0.5) is 0 Å². The lowest BCUT2D eigenvalue weighted by molar-refractivity contribution is 0.0147. The molecule has 100 valence electrons. The van der Waals surface area contributed by atoms with Gasteiger partial charge in [-0.1, -0.05) is 36.4 Å². The summed E-state index contributed by atoms with van der Waals surface area (Å²) < 4.78 is 5.86. The monoisotopic (exact) mass is 249 g/mol. The van der Waals surface area contributed by atoms with Crippen LogP contribution >= 0.6 is 0 Å². The van der Waals surface area contributed by atoms with E-state index in [0.29, 0.717) is 13.0 Å². The number of aliphatic hydroxyl groups excluding tert-OH is 1. The van der Waals surface area contributed by atoms with Crippen molar-refractivity contribution in [3.05, 3.63) is 48.6 Å². The summed E-state index contributed by atoms with van der Waals surface area (Å²) in [6.45, 7) is 4.43. The molecule has 3 heteroatoms. The fraction of sp³-hybridized carbons (Fsp3) is 0.467. The Morgan fingerprint density at radius 3 is 2.67 bits per heavy atom. The highest BCUT2D eigenvalue weighted by Gasteiger charge is 2.16. The number of hydrogen-bond acceptors (Lipinski definition) is 3. The standard InChI is InChI=1S/C15H23NO2/c1-2-7-14(16)15(10-6-11-17)18-12-13-8-4-3-5-9-13/h2-5,8-9,14-15,17H,1,6-7,10-12,16H2/t14-,15-/m0/s1. The van der Waals surface area contributed by atoms with Gasteiger partial charge in [-0.15, -0.1) is 6.58 Å². The van der Waals surface area contributed by atoms with Crippen molar-refractivity contribution in [2.75, 3.05) is 6.61 Å². The van der Waals surface area contributed by atoms with Crippen molar-refractivity contribution in [1.82, 2.24) is 0 Å². The van der Waals surface area contributed by atoms with E-state index in [2.05, 4.69) is 6.58 Å². The second-order valence-electron chi connectivity index (χ2n) is 4.39. The van der Waals surface area contributed by atoms with Gasteiger partial charge in [0.2, 0.25) is 0 Å². The molecule has 0 saturated carbocycles. The van der Waals surface area contributed by atoms with Gasteiger partial charge in [0.15, 0.2) is 0 Å². The lowest BCUT2D eigenvalue weighted by Crippen LogP contribution is -2.36. The zero-order valence-corrected chi connectivity index (χ0v) is 10.8. The Labute approximate surface area is 109 Å². The van der Waals surface area contributed by atoms with E-state index in [-0.39, 0.29) is 18.8 Å². The Balaban J connectivity index is 2.47. The molecule has 0 saturated heterocycles. The van der Waals surface area contributed by atoms with Crippen LogP contribution in [-0.4, -0.2) is 23.9 Å². The topological polar surface area (TPSA) is 55.5 Å². The van der Waals surface area contributed by atoms with Crippen LogP contribution < -0.4 is 5.73 Å². The SMILES string of the molecule is C=CC[C@H](N)[C@H](CCCO)OCc1ccccc1. The van der Waals surface area contributed by atoms with Gasteiger partial charge in [0, 0.05) is 12.6 Å². The molecule has 3 nitrogen and oxygen atoms in total. The van der Waals surface area contributed by atoms with Gasteiger partial charge in [-0.05, 0) is 24.8 Å². The zero-order chi connectivity index (χ0) is 13.2. The smallest absolute Gasteiger partial charge is 0.0734 e. The summed E-state index contributed by atoms with van der Waals surface area (Å²) >= 11 is 0. The molecule has 0 amide bonds. The first-order valence-electron chi connectivity index (χ1n) is 6.40. The fourth-order valence-corrected chi connectivity index (χ4v) is 1.84. The quantitative estimate of drug-likeness (QED) is 0.660. The van der Waals surface area contributed by atoms with Gasteiger partial charge < -0.3 is 15.6 Å². The molecule has 0 heterocycles. The molecule has 0 aliphatic heterocycles. The number of aliphatic hydroxyl groups is 1. The van der Waals surface area contributed by atoms with Gasteiger partial charge in [0.05, 0.1) is 12.7 Å². The molecule has 0 spiro atoms. The molecular formula is C15H23NO2. The normalized spacial score (nSPS) is 14.1. The number of hydrogen-bond donors (Lipinski definition) is 2. The maximum absolute atomic E-state index is 8.90. The Morgan fingerprint density at radius 2 is 2.06 bits per heavy atom. The second-order valence-corrected chi connectivity index (χ2v) is 4.39. The fourth-order valence-electron chi connectivity index (χ4n) is 1.84. The Kier molecular flexibility index (Phi) is 7.34. The highest BCUT2D eigenvalue weighted by atomic mass is 16.5. The van der Waals surface area contributed by atoms with Crippen LogP contribution in [0.1, 0.15) is 24.8 Å². The van der Waals surface area contributed by atoms with Crippen LogP contribution in [0.15, 0.2) is 43.0 Å². The average Bonchev–Trinajstić information content (AvgIpc) is 2.40. The summed E-state index contributed by atoms with van der Waals surface area (Å²) in [5, 5.41) is 8.90. The molecule has 1 aromatic rings. The van der Waals surface area contributed by atoms with Crippen molar-refractivity contribution in [1.29, 1.82) is 0 Å². The third-order valence-corrected chi connectivity index (χ3v) is 2.87. The maximum atomic E-state index is 8.90.